The van der Waals surface area contributed by atoms with Gasteiger partial charge in [-0.3, -0.25) is 4.40 Å². The van der Waals surface area contributed by atoms with E-state index in [0.717, 1.165) is 78.3 Å². The Morgan fingerprint density at radius 1 is 1.03 bits per heavy atom. The molecular formula is C26H32N6O2S. The van der Waals surface area contributed by atoms with Gasteiger partial charge in [-0.05, 0) is 50.5 Å². The van der Waals surface area contributed by atoms with Gasteiger partial charge < -0.3 is 19.7 Å². The smallest absolute Gasteiger partial charge is 0.211 e. The summed E-state index contributed by atoms with van der Waals surface area (Å²) in [5.41, 5.74) is 1.34. The predicted molar refractivity (Wildman–Crippen MR) is 136 cm³/mol. The highest BCUT2D eigenvalue weighted by molar-refractivity contribution is 7.99. The zero-order valence-electron chi connectivity index (χ0n) is 20.2. The molecule has 4 aliphatic rings. The number of hydrogen-bond acceptors (Lipinski definition) is 8. The molecule has 8 nitrogen and oxygen atoms in total. The van der Waals surface area contributed by atoms with Crippen molar-refractivity contribution < 1.29 is 9.47 Å². The lowest BCUT2D eigenvalue weighted by molar-refractivity contribution is 0.0975. The largest absolute Gasteiger partial charge is 0.486 e. The van der Waals surface area contributed by atoms with Crippen LogP contribution in [-0.2, 0) is 4.74 Å². The minimum atomic E-state index is 0.0541. The van der Waals surface area contributed by atoms with Crippen molar-refractivity contribution in [1.29, 1.82) is 0 Å². The fourth-order valence-corrected chi connectivity index (χ4v) is 7.40. The van der Waals surface area contributed by atoms with Crippen molar-refractivity contribution in [3.63, 3.8) is 0 Å². The van der Waals surface area contributed by atoms with Crippen molar-refractivity contribution in [2.45, 2.75) is 73.3 Å². The Hall–Kier alpha value is -2.52. The molecule has 1 saturated carbocycles. The number of anilines is 2. The van der Waals surface area contributed by atoms with Crippen LogP contribution in [0.15, 0.2) is 40.6 Å². The minimum Gasteiger partial charge on any atom is -0.486 e. The van der Waals surface area contributed by atoms with Gasteiger partial charge in [0.15, 0.2) is 17.2 Å². The summed E-state index contributed by atoms with van der Waals surface area (Å²) >= 11 is 1.65. The van der Waals surface area contributed by atoms with E-state index in [4.69, 9.17) is 19.4 Å². The maximum Gasteiger partial charge on any atom is 0.211 e. The Kier molecular flexibility index (Phi) is 5.13. The summed E-state index contributed by atoms with van der Waals surface area (Å²) < 4.78 is 14.4. The first-order valence-corrected chi connectivity index (χ1v) is 13.7. The second kappa shape index (κ2) is 8.27. The second-order valence-corrected chi connectivity index (χ2v) is 11.9. The van der Waals surface area contributed by atoms with E-state index in [0.29, 0.717) is 18.1 Å². The number of pyridine rings is 1. The lowest BCUT2D eigenvalue weighted by atomic mass is 9.77. The molecule has 0 aromatic carbocycles. The first-order valence-electron chi connectivity index (χ1n) is 12.9. The van der Waals surface area contributed by atoms with E-state index in [9.17, 15) is 0 Å². The number of piperidine rings is 1. The van der Waals surface area contributed by atoms with Gasteiger partial charge in [-0.2, -0.15) is 0 Å². The highest BCUT2D eigenvalue weighted by Gasteiger charge is 2.42. The third-order valence-corrected chi connectivity index (χ3v) is 9.45. The van der Waals surface area contributed by atoms with Gasteiger partial charge >= 0.3 is 0 Å². The van der Waals surface area contributed by atoms with E-state index in [-0.39, 0.29) is 5.54 Å². The van der Waals surface area contributed by atoms with Crippen molar-refractivity contribution in [2.75, 3.05) is 36.5 Å². The van der Waals surface area contributed by atoms with E-state index in [2.05, 4.69) is 26.5 Å². The van der Waals surface area contributed by atoms with Crippen LogP contribution in [0.25, 0.3) is 5.65 Å². The first kappa shape index (κ1) is 21.7. The highest BCUT2D eigenvalue weighted by atomic mass is 32.2. The van der Waals surface area contributed by atoms with Gasteiger partial charge in [-0.25, -0.2) is 15.0 Å². The van der Waals surface area contributed by atoms with Crippen LogP contribution >= 0.6 is 11.8 Å². The average Bonchev–Trinajstić information content (AvgIpc) is 3.62. The molecule has 1 N–H and O–H groups in total. The topological polar surface area (TPSA) is 76.8 Å². The zero-order chi connectivity index (χ0) is 23.5. The molecule has 184 valence electrons. The maximum atomic E-state index is 6.32. The Balaban J connectivity index is 1.14. The summed E-state index contributed by atoms with van der Waals surface area (Å²) in [4.78, 5) is 18.7. The molecule has 3 aromatic heterocycles. The molecule has 0 radical (unpaired) electrons. The molecule has 3 aromatic rings. The fraction of sp³-hybridized carbons (Fsp3) is 0.577. The molecule has 7 rings (SSSR count). The molecular weight excluding hydrogens is 460 g/mol. The molecule has 0 unspecified atom stereocenters. The summed E-state index contributed by atoms with van der Waals surface area (Å²) in [5.74, 6) is 2.68. The van der Waals surface area contributed by atoms with E-state index in [1.807, 2.05) is 30.9 Å². The summed E-state index contributed by atoms with van der Waals surface area (Å²) in [6, 6.07) is 2.03. The van der Waals surface area contributed by atoms with Gasteiger partial charge in [0.05, 0.1) is 28.0 Å². The van der Waals surface area contributed by atoms with E-state index < -0.39 is 0 Å². The molecule has 2 saturated heterocycles. The minimum absolute atomic E-state index is 0.0541. The van der Waals surface area contributed by atoms with Gasteiger partial charge in [0.25, 0.3) is 0 Å². The number of fused-ring (bicyclic) bond motifs is 2. The zero-order valence-corrected chi connectivity index (χ0v) is 21.0. The van der Waals surface area contributed by atoms with E-state index >= 15 is 0 Å². The average molecular weight is 493 g/mol. The van der Waals surface area contributed by atoms with Crippen molar-refractivity contribution in [2.24, 2.45) is 5.41 Å². The number of nitrogens with one attached hydrogen (secondary N) is 1. The van der Waals surface area contributed by atoms with Gasteiger partial charge in [-0.15, -0.1) is 0 Å². The molecule has 1 aliphatic carbocycles. The van der Waals surface area contributed by atoms with Crippen LogP contribution in [0.2, 0.25) is 0 Å². The molecule has 2 spiro atoms. The van der Waals surface area contributed by atoms with Crippen molar-refractivity contribution in [3.05, 3.63) is 30.9 Å². The highest BCUT2D eigenvalue weighted by Crippen LogP contribution is 2.46. The Morgan fingerprint density at radius 3 is 2.69 bits per heavy atom. The summed E-state index contributed by atoms with van der Waals surface area (Å²) in [6.07, 6.45) is 16.4. The molecule has 0 bridgehead atoms. The standard InChI is InChI=1S/C26H32N6O2S/c1-18-14-25(16-33-18)7-11-31(12-8-25)24-29-15-20(23-28-10-13-32(23)24)35-19-4-9-27-22-21(19)34-17-26(30-22)5-2-3-6-26/h4,9-10,13,15,18H,2-3,5-8,11-12,14,16-17H2,1H3,(H,27,30)/t18-/m0/s1. The van der Waals surface area contributed by atoms with Crippen LogP contribution in [0.4, 0.5) is 11.8 Å². The van der Waals surface area contributed by atoms with Gasteiger partial charge in [-0.1, -0.05) is 24.6 Å². The predicted octanol–water partition coefficient (Wildman–Crippen LogP) is 4.79. The summed E-state index contributed by atoms with van der Waals surface area (Å²) in [6.45, 7) is 5.81. The molecule has 9 heteroatoms. The molecule has 3 fully saturated rings. The van der Waals surface area contributed by atoms with Gasteiger partial charge in [0, 0.05) is 37.9 Å². The Bertz CT molecular complexity index is 1250. The lowest BCUT2D eigenvalue weighted by Crippen LogP contribution is -2.44. The lowest BCUT2D eigenvalue weighted by Gasteiger charge is -2.39. The first-order chi connectivity index (χ1) is 17.1. The van der Waals surface area contributed by atoms with E-state index in [1.165, 1.54) is 19.3 Å². The maximum absolute atomic E-state index is 6.32. The van der Waals surface area contributed by atoms with Gasteiger partial charge in [0.2, 0.25) is 5.95 Å². The molecule has 3 aliphatic heterocycles. The summed E-state index contributed by atoms with van der Waals surface area (Å²) in [5, 5.41) is 3.70. The van der Waals surface area contributed by atoms with Gasteiger partial charge in [0.1, 0.15) is 6.61 Å². The number of rotatable bonds is 3. The monoisotopic (exact) mass is 492 g/mol. The van der Waals surface area contributed by atoms with Crippen molar-refractivity contribution in [1.82, 2.24) is 19.4 Å². The molecule has 0 amide bonds. The van der Waals surface area contributed by atoms with Crippen LogP contribution in [0.1, 0.15) is 51.9 Å². The summed E-state index contributed by atoms with van der Waals surface area (Å²) in [7, 11) is 0. The molecule has 6 heterocycles. The Morgan fingerprint density at radius 2 is 1.89 bits per heavy atom. The van der Waals surface area contributed by atoms with Crippen LogP contribution in [0, 0.1) is 5.41 Å². The van der Waals surface area contributed by atoms with Crippen LogP contribution in [0.5, 0.6) is 5.75 Å². The molecule has 1 atom stereocenters. The Labute approximate surface area is 209 Å². The second-order valence-electron chi connectivity index (χ2n) is 10.8. The number of hydrogen-bond donors (Lipinski definition) is 1. The number of aromatic nitrogens is 4. The number of ether oxygens (including phenoxy) is 2. The molecule has 35 heavy (non-hydrogen) atoms. The number of imidazole rings is 1. The van der Waals surface area contributed by atoms with Crippen molar-refractivity contribution >= 4 is 29.2 Å². The quantitative estimate of drug-likeness (QED) is 0.559. The number of nitrogens with zero attached hydrogens (tertiary/aromatic N) is 5. The SMILES string of the molecule is C[C@H]1CC2(CCN(c3ncc(Sc4ccnc5c4OCC4(CCCC4)N5)c4nccn34)CC2)CO1. The van der Waals surface area contributed by atoms with E-state index in [1.54, 1.807) is 11.8 Å². The fourth-order valence-electron chi connectivity index (χ4n) is 6.44. The third-order valence-electron chi connectivity index (χ3n) is 8.40. The third kappa shape index (κ3) is 3.74. The van der Waals surface area contributed by atoms with Crippen LogP contribution in [-0.4, -0.2) is 57.3 Å². The van der Waals surface area contributed by atoms with Crippen LogP contribution < -0.4 is 15.0 Å². The van der Waals surface area contributed by atoms with Crippen LogP contribution in [0.3, 0.4) is 0 Å². The van der Waals surface area contributed by atoms with Crippen molar-refractivity contribution in [3.8, 4) is 5.75 Å². The normalized spacial score (nSPS) is 24.6.